The van der Waals surface area contributed by atoms with E-state index >= 15 is 0 Å². The number of rotatable bonds is 1. The van der Waals surface area contributed by atoms with E-state index in [-0.39, 0.29) is 0 Å². The minimum Gasteiger partial charge on any atom is -0.264 e. The molecule has 0 aliphatic heterocycles. The maximum Gasteiger partial charge on any atom is 0.0309 e. The summed E-state index contributed by atoms with van der Waals surface area (Å²) in [7, 11) is 0. The van der Waals surface area contributed by atoms with Crippen LogP contribution in [0.2, 0.25) is 0 Å². The third kappa shape index (κ3) is 1.06. The van der Waals surface area contributed by atoms with Gasteiger partial charge in [-0.05, 0) is 35.1 Å². The maximum atomic E-state index is 4.12. The zero-order valence-electron chi connectivity index (χ0n) is 7.54. The average Bonchev–Trinajstić information content (AvgIpc) is 2.47. The largest absolute Gasteiger partial charge is 0.264 e. The molecule has 0 N–H and O–H groups in total. The first-order valence-electron chi connectivity index (χ1n) is 4.42. The smallest absolute Gasteiger partial charge is 0.0309 e. The first kappa shape index (κ1) is 7.53. The third-order valence-electron chi connectivity index (χ3n) is 2.38. The van der Waals surface area contributed by atoms with E-state index < -0.39 is 0 Å². The van der Waals surface area contributed by atoms with Crippen LogP contribution in [0.25, 0.3) is 5.57 Å². The second kappa shape index (κ2) is 2.74. The first-order valence-corrected chi connectivity index (χ1v) is 4.42. The number of pyridine rings is 1. The summed E-state index contributed by atoms with van der Waals surface area (Å²) >= 11 is 0. The summed E-state index contributed by atoms with van der Waals surface area (Å²) in [6.45, 7) is 4.47. The van der Waals surface area contributed by atoms with Gasteiger partial charge in [0.2, 0.25) is 0 Å². The Bertz CT molecular complexity index is 324. The van der Waals surface area contributed by atoms with Crippen LogP contribution in [0.1, 0.15) is 25.0 Å². The minimum atomic E-state index is 0.633. The lowest BCUT2D eigenvalue weighted by molar-refractivity contribution is 0.857. The predicted molar refractivity (Wildman–Crippen MR) is 50.8 cm³/mol. The Morgan fingerprint density at radius 3 is 3.00 bits per heavy atom. The lowest BCUT2D eigenvalue weighted by Gasteiger charge is -2.07. The van der Waals surface area contributed by atoms with Crippen LogP contribution in [0, 0.1) is 5.92 Å². The highest BCUT2D eigenvalue weighted by molar-refractivity contribution is 5.73. The summed E-state index contributed by atoms with van der Waals surface area (Å²) in [5, 5.41) is 0. The molecule has 0 spiro atoms. The Labute approximate surface area is 73.1 Å². The van der Waals surface area contributed by atoms with E-state index in [0.717, 1.165) is 6.42 Å². The molecule has 0 atom stereocenters. The van der Waals surface area contributed by atoms with E-state index in [4.69, 9.17) is 0 Å². The number of hydrogen-bond acceptors (Lipinski definition) is 1. The second-order valence-electron chi connectivity index (χ2n) is 3.55. The molecular formula is C11H13N. The molecule has 0 fully saturated rings. The van der Waals surface area contributed by atoms with Crippen molar-refractivity contribution in [2.75, 3.05) is 0 Å². The van der Waals surface area contributed by atoms with Gasteiger partial charge in [-0.1, -0.05) is 19.9 Å². The van der Waals surface area contributed by atoms with Crippen molar-refractivity contribution in [3.63, 3.8) is 0 Å². The minimum absolute atomic E-state index is 0.633. The van der Waals surface area contributed by atoms with Gasteiger partial charge in [0.1, 0.15) is 0 Å². The van der Waals surface area contributed by atoms with Crippen LogP contribution in [0.5, 0.6) is 0 Å². The van der Waals surface area contributed by atoms with Crippen LogP contribution in [-0.2, 0) is 6.42 Å². The first-order chi connectivity index (χ1) is 5.79. The molecule has 1 nitrogen and oxygen atoms in total. The lowest BCUT2D eigenvalue weighted by atomic mass is 9.98. The standard InChI is InChI=1S/C11H13N/c1-8(2)10-4-3-9-7-12-6-5-11(9)10/h4-8H,3H2,1-2H3. The zero-order valence-corrected chi connectivity index (χ0v) is 7.54. The molecule has 62 valence electrons. The number of hydrogen-bond donors (Lipinski definition) is 0. The molecule has 1 aromatic rings. The summed E-state index contributed by atoms with van der Waals surface area (Å²) in [6.07, 6.45) is 7.23. The molecule has 1 aromatic heterocycles. The van der Waals surface area contributed by atoms with Crippen LogP contribution < -0.4 is 0 Å². The van der Waals surface area contributed by atoms with Gasteiger partial charge in [0.15, 0.2) is 0 Å². The van der Waals surface area contributed by atoms with Crippen molar-refractivity contribution in [1.29, 1.82) is 0 Å². The molecule has 0 saturated heterocycles. The number of nitrogens with zero attached hydrogens (tertiary/aromatic N) is 1. The van der Waals surface area contributed by atoms with Crippen molar-refractivity contribution in [3.8, 4) is 0 Å². The number of aromatic nitrogens is 1. The fourth-order valence-corrected chi connectivity index (χ4v) is 1.75. The van der Waals surface area contributed by atoms with Gasteiger partial charge in [0.05, 0.1) is 0 Å². The average molecular weight is 159 g/mol. The van der Waals surface area contributed by atoms with Gasteiger partial charge >= 0.3 is 0 Å². The third-order valence-corrected chi connectivity index (χ3v) is 2.38. The SMILES string of the molecule is CC(C)C1=CCc2cnccc21. The zero-order chi connectivity index (χ0) is 8.55. The van der Waals surface area contributed by atoms with E-state index in [9.17, 15) is 0 Å². The van der Waals surface area contributed by atoms with E-state index in [1.54, 1.807) is 0 Å². The van der Waals surface area contributed by atoms with Crippen LogP contribution in [0.4, 0.5) is 0 Å². The normalized spacial score (nSPS) is 14.8. The Balaban J connectivity index is 2.45. The van der Waals surface area contributed by atoms with E-state index in [2.05, 4.69) is 31.0 Å². The van der Waals surface area contributed by atoms with Crippen LogP contribution in [-0.4, -0.2) is 4.98 Å². The number of fused-ring (bicyclic) bond motifs is 1. The molecule has 12 heavy (non-hydrogen) atoms. The van der Waals surface area contributed by atoms with Gasteiger partial charge in [-0.25, -0.2) is 0 Å². The quantitative estimate of drug-likeness (QED) is 0.614. The van der Waals surface area contributed by atoms with Gasteiger partial charge in [0.25, 0.3) is 0 Å². The summed E-state index contributed by atoms with van der Waals surface area (Å²) in [6, 6.07) is 2.12. The molecule has 1 heteroatoms. The molecule has 0 saturated carbocycles. The van der Waals surface area contributed by atoms with E-state index in [0.29, 0.717) is 5.92 Å². The molecule has 0 unspecified atom stereocenters. The van der Waals surface area contributed by atoms with Crippen LogP contribution in [0.3, 0.4) is 0 Å². The monoisotopic (exact) mass is 159 g/mol. The molecule has 0 bridgehead atoms. The Morgan fingerprint density at radius 1 is 1.42 bits per heavy atom. The predicted octanol–water partition coefficient (Wildman–Crippen LogP) is 2.68. The van der Waals surface area contributed by atoms with Crippen molar-refractivity contribution in [1.82, 2.24) is 4.98 Å². The molecule has 0 aromatic carbocycles. The van der Waals surface area contributed by atoms with Crippen LogP contribution in [0.15, 0.2) is 24.5 Å². The van der Waals surface area contributed by atoms with E-state index in [1.807, 2.05) is 12.4 Å². The molecular weight excluding hydrogens is 146 g/mol. The summed E-state index contributed by atoms with van der Waals surface area (Å²) in [4.78, 5) is 4.12. The van der Waals surface area contributed by atoms with Crippen molar-refractivity contribution in [2.24, 2.45) is 5.92 Å². The van der Waals surface area contributed by atoms with Gasteiger partial charge in [0, 0.05) is 12.4 Å². The van der Waals surface area contributed by atoms with Crippen LogP contribution >= 0.6 is 0 Å². The number of allylic oxidation sites excluding steroid dienone is 2. The highest BCUT2D eigenvalue weighted by Gasteiger charge is 2.15. The Kier molecular flexibility index (Phi) is 1.72. The van der Waals surface area contributed by atoms with Crippen molar-refractivity contribution < 1.29 is 0 Å². The lowest BCUT2D eigenvalue weighted by Crippen LogP contribution is -1.91. The van der Waals surface area contributed by atoms with Crippen molar-refractivity contribution in [2.45, 2.75) is 20.3 Å². The molecule has 1 heterocycles. The summed E-state index contributed by atoms with van der Waals surface area (Å²) in [5.41, 5.74) is 4.26. The van der Waals surface area contributed by atoms with Crippen molar-refractivity contribution in [3.05, 3.63) is 35.7 Å². The van der Waals surface area contributed by atoms with Gasteiger partial charge in [-0.2, -0.15) is 0 Å². The molecule has 1 aliphatic carbocycles. The molecule has 2 rings (SSSR count). The topological polar surface area (TPSA) is 12.9 Å². The highest BCUT2D eigenvalue weighted by atomic mass is 14.6. The Morgan fingerprint density at radius 2 is 2.25 bits per heavy atom. The van der Waals surface area contributed by atoms with Gasteiger partial charge in [-0.3, -0.25) is 4.98 Å². The fourth-order valence-electron chi connectivity index (χ4n) is 1.75. The molecule has 0 radical (unpaired) electrons. The fraction of sp³-hybridized carbons (Fsp3) is 0.364. The van der Waals surface area contributed by atoms with Gasteiger partial charge < -0.3 is 0 Å². The van der Waals surface area contributed by atoms with Gasteiger partial charge in [-0.15, -0.1) is 0 Å². The highest BCUT2D eigenvalue weighted by Crippen LogP contribution is 2.31. The summed E-state index contributed by atoms with van der Waals surface area (Å²) < 4.78 is 0. The van der Waals surface area contributed by atoms with Crippen molar-refractivity contribution >= 4 is 5.57 Å². The molecule has 1 aliphatic rings. The summed E-state index contributed by atoms with van der Waals surface area (Å²) in [5.74, 6) is 0.633. The Hall–Kier alpha value is -1.11. The molecule has 0 amide bonds. The van der Waals surface area contributed by atoms with E-state index in [1.165, 1.54) is 16.7 Å². The maximum absolute atomic E-state index is 4.12. The second-order valence-corrected chi connectivity index (χ2v) is 3.55.